The standard InChI is InChI=1S/C23H26ClN3O2S/c1-4-17(22-19(26-3)7-9-30-22)18-12-15(24)10-14-11-20(29-21(14)18)23(28)27-8-5-6-16(13-27)25-2/h4,7,9-10,12,16,20,25H,3,5-6,8,11,13H2,1-2H3/b17-4-/t16-,20+/m0/s1. The number of benzene rings is 1. The second-order valence-corrected chi connectivity index (χ2v) is 9.01. The molecular weight excluding hydrogens is 418 g/mol. The molecule has 0 unspecified atom stereocenters. The van der Waals surface area contributed by atoms with E-state index in [0.29, 0.717) is 17.5 Å². The third-order valence-corrected chi connectivity index (χ3v) is 7.01. The highest BCUT2D eigenvalue weighted by molar-refractivity contribution is 7.11. The van der Waals surface area contributed by atoms with E-state index >= 15 is 0 Å². The molecule has 1 saturated heterocycles. The summed E-state index contributed by atoms with van der Waals surface area (Å²) in [6.07, 6.45) is 4.17. The highest BCUT2D eigenvalue weighted by atomic mass is 35.5. The molecule has 2 aliphatic rings. The quantitative estimate of drug-likeness (QED) is 0.681. The van der Waals surface area contributed by atoms with Crippen molar-refractivity contribution in [3.63, 3.8) is 0 Å². The summed E-state index contributed by atoms with van der Waals surface area (Å²) in [5, 5.41) is 5.92. The largest absolute Gasteiger partial charge is 0.479 e. The number of hydrogen-bond donors (Lipinski definition) is 1. The summed E-state index contributed by atoms with van der Waals surface area (Å²) in [5.74, 6) is 0.802. The number of aliphatic imine (C=N–C) groups is 1. The number of allylic oxidation sites excluding steroid dienone is 1. The van der Waals surface area contributed by atoms with Crippen LogP contribution in [0.3, 0.4) is 0 Å². The second kappa shape index (κ2) is 8.92. The number of rotatable bonds is 5. The molecule has 2 atom stereocenters. The van der Waals surface area contributed by atoms with Gasteiger partial charge in [0, 0.05) is 47.3 Å². The Morgan fingerprint density at radius 3 is 3.03 bits per heavy atom. The van der Waals surface area contributed by atoms with E-state index in [1.165, 1.54) is 0 Å². The van der Waals surface area contributed by atoms with Crippen LogP contribution < -0.4 is 10.1 Å². The minimum Gasteiger partial charge on any atom is -0.479 e. The number of carbonyl (C=O) groups excluding carboxylic acids is 1. The predicted molar refractivity (Wildman–Crippen MR) is 125 cm³/mol. The van der Waals surface area contributed by atoms with Crippen molar-refractivity contribution in [1.82, 2.24) is 10.2 Å². The van der Waals surface area contributed by atoms with Crippen LogP contribution in [-0.2, 0) is 11.2 Å². The van der Waals surface area contributed by atoms with Crippen molar-refractivity contribution >= 4 is 46.8 Å². The molecular formula is C23H26ClN3O2S. The zero-order valence-electron chi connectivity index (χ0n) is 17.3. The van der Waals surface area contributed by atoms with Crippen molar-refractivity contribution < 1.29 is 9.53 Å². The minimum atomic E-state index is -0.508. The first-order chi connectivity index (χ1) is 14.5. The first-order valence-corrected chi connectivity index (χ1v) is 11.5. The molecule has 2 aromatic rings. The number of nitrogens with zero attached hydrogens (tertiary/aromatic N) is 2. The number of halogens is 1. The van der Waals surface area contributed by atoms with Crippen molar-refractivity contribution in [2.24, 2.45) is 4.99 Å². The molecule has 0 saturated carbocycles. The number of carbonyl (C=O) groups is 1. The number of likely N-dealkylation sites (N-methyl/N-ethyl adjacent to an activating group) is 1. The average Bonchev–Trinajstić information content (AvgIpc) is 3.40. The number of ether oxygens (including phenoxy) is 1. The molecule has 3 heterocycles. The van der Waals surface area contributed by atoms with Gasteiger partial charge < -0.3 is 15.0 Å². The summed E-state index contributed by atoms with van der Waals surface area (Å²) < 4.78 is 6.28. The minimum absolute atomic E-state index is 0.0554. The number of fused-ring (bicyclic) bond motifs is 1. The van der Waals surface area contributed by atoms with Crippen LogP contribution in [0.25, 0.3) is 5.57 Å². The molecule has 5 nitrogen and oxygen atoms in total. The Morgan fingerprint density at radius 2 is 2.30 bits per heavy atom. The monoisotopic (exact) mass is 443 g/mol. The zero-order valence-corrected chi connectivity index (χ0v) is 18.9. The van der Waals surface area contributed by atoms with Crippen LogP contribution in [0.4, 0.5) is 5.69 Å². The van der Waals surface area contributed by atoms with E-state index in [9.17, 15) is 4.79 Å². The molecule has 4 rings (SSSR count). The van der Waals surface area contributed by atoms with Crippen LogP contribution in [-0.4, -0.2) is 49.8 Å². The summed E-state index contributed by atoms with van der Waals surface area (Å²) in [6.45, 7) is 7.17. The Balaban J connectivity index is 1.64. The van der Waals surface area contributed by atoms with Crippen molar-refractivity contribution in [3.8, 4) is 5.75 Å². The lowest BCUT2D eigenvalue weighted by atomic mass is 9.98. The summed E-state index contributed by atoms with van der Waals surface area (Å²) in [7, 11) is 1.95. The molecule has 30 heavy (non-hydrogen) atoms. The molecule has 1 N–H and O–H groups in total. The van der Waals surface area contributed by atoms with Gasteiger partial charge >= 0.3 is 0 Å². The van der Waals surface area contributed by atoms with Crippen LogP contribution in [0.15, 0.2) is 34.6 Å². The van der Waals surface area contributed by atoms with Crippen LogP contribution >= 0.6 is 22.9 Å². The van der Waals surface area contributed by atoms with Crippen molar-refractivity contribution in [2.75, 3.05) is 20.1 Å². The fourth-order valence-corrected chi connectivity index (χ4v) is 5.50. The van der Waals surface area contributed by atoms with Crippen LogP contribution in [0.2, 0.25) is 5.02 Å². The van der Waals surface area contributed by atoms with Gasteiger partial charge in [0.15, 0.2) is 6.10 Å². The molecule has 0 radical (unpaired) electrons. The lowest BCUT2D eigenvalue weighted by molar-refractivity contribution is -0.139. The number of thiophene rings is 1. The van der Waals surface area contributed by atoms with E-state index in [2.05, 4.69) is 17.0 Å². The molecule has 1 aromatic heterocycles. The Bertz CT molecular complexity index is 1000. The smallest absolute Gasteiger partial charge is 0.264 e. The summed E-state index contributed by atoms with van der Waals surface area (Å²) >= 11 is 8.06. The van der Waals surface area contributed by atoms with Crippen molar-refractivity contribution in [1.29, 1.82) is 0 Å². The number of likely N-dealkylation sites (tertiary alicyclic amines) is 1. The molecule has 0 spiro atoms. The average molecular weight is 444 g/mol. The maximum Gasteiger partial charge on any atom is 0.264 e. The van der Waals surface area contributed by atoms with Crippen LogP contribution in [0.5, 0.6) is 5.75 Å². The van der Waals surface area contributed by atoms with Crippen LogP contribution in [0.1, 0.15) is 35.8 Å². The van der Waals surface area contributed by atoms with Gasteiger partial charge in [-0.3, -0.25) is 9.79 Å². The van der Waals surface area contributed by atoms with Gasteiger partial charge in [-0.25, -0.2) is 0 Å². The lowest BCUT2D eigenvalue weighted by Crippen LogP contribution is -2.50. The highest BCUT2D eigenvalue weighted by Crippen LogP contribution is 2.44. The SMILES string of the molecule is C=Nc1ccsc1/C(=C\C)c1cc(Cl)cc2c1O[C@@H](C(=O)N1CCC[C@H](NC)C1)C2. The second-order valence-electron chi connectivity index (χ2n) is 7.66. The Labute approximate surface area is 186 Å². The molecule has 0 bridgehead atoms. The van der Waals surface area contributed by atoms with Gasteiger partial charge in [0.2, 0.25) is 0 Å². The van der Waals surface area contributed by atoms with E-state index in [4.69, 9.17) is 16.3 Å². The predicted octanol–water partition coefficient (Wildman–Crippen LogP) is 4.70. The van der Waals surface area contributed by atoms with Gasteiger partial charge in [0.1, 0.15) is 5.75 Å². The van der Waals surface area contributed by atoms with Gasteiger partial charge in [0.05, 0.1) is 10.6 Å². The molecule has 1 fully saturated rings. The van der Waals surface area contributed by atoms with Gasteiger partial charge in [-0.2, -0.15) is 0 Å². The number of nitrogens with one attached hydrogen (secondary N) is 1. The van der Waals surface area contributed by atoms with Crippen LogP contribution in [0, 0.1) is 0 Å². The highest BCUT2D eigenvalue weighted by Gasteiger charge is 2.36. The van der Waals surface area contributed by atoms with E-state index < -0.39 is 6.10 Å². The maximum absolute atomic E-state index is 13.2. The Morgan fingerprint density at radius 1 is 1.47 bits per heavy atom. The number of amides is 1. The third kappa shape index (κ3) is 3.92. The Kier molecular flexibility index (Phi) is 6.27. The first kappa shape index (κ1) is 21.1. The zero-order chi connectivity index (χ0) is 21.3. The van der Waals surface area contributed by atoms with Gasteiger partial charge in [-0.1, -0.05) is 17.7 Å². The Hall–Kier alpha value is -2.15. The van der Waals surface area contributed by atoms with E-state index in [0.717, 1.165) is 58.9 Å². The molecule has 7 heteroatoms. The number of piperidine rings is 1. The van der Waals surface area contributed by atoms with Gasteiger partial charge in [-0.05, 0) is 57.1 Å². The third-order valence-electron chi connectivity index (χ3n) is 5.85. The van der Waals surface area contributed by atoms with E-state index in [1.54, 1.807) is 11.3 Å². The molecule has 158 valence electrons. The number of hydrogen-bond acceptors (Lipinski definition) is 5. The molecule has 1 aromatic carbocycles. The summed E-state index contributed by atoms with van der Waals surface area (Å²) in [4.78, 5) is 20.3. The normalized spacial score (nSPS) is 21.3. The molecule has 0 aliphatic carbocycles. The maximum atomic E-state index is 13.2. The summed E-state index contributed by atoms with van der Waals surface area (Å²) in [5.41, 5.74) is 3.70. The van der Waals surface area contributed by atoms with Crippen molar-refractivity contribution in [3.05, 3.63) is 50.7 Å². The van der Waals surface area contributed by atoms with Crippen molar-refractivity contribution in [2.45, 2.75) is 38.3 Å². The van der Waals surface area contributed by atoms with E-state index in [-0.39, 0.29) is 5.91 Å². The van der Waals surface area contributed by atoms with E-state index in [1.807, 2.05) is 48.5 Å². The molecule has 1 amide bonds. The lowest BCUT2D eigenvalue weighted by Gasteiger charge is -2.33. The molecule has 2 aliphatic heterocycles. The van der Waals surface area contributed by atoms with Gasteiger partial charge in [0.25, 0.3) is 5.91 Å². The fourth-order valence-electron chi connectivity index (χ4n) is 4.32. The fraction of sp³-hybridized carbons (Fsp3) is 0.391. The topological polar surface area (TPSA) is 53.9 Å². The first-order valence-electron chi connectivity index (χ1n) is 10.2. The summed E-state index contributed by atoms with van der Waals surface area (Å²) in [6, 6.07) is 6.11. The van der Waals surface area contributed by atoms with Gasteiger partial charge in [-0.15, -0.1) is 11.3 Å².